The molecule has 2 rings (SSSR count). The largest absolute Gasteiger partial charge is 0.355 e. The molecule has 0 bridgehead atoms. The Balaban J connectivity index is 2.24. The number of nitriles is 1. The molecule has 0 aliphatic heterocycles. The van der Waals surface area contributed by atoms with Gasteiger partial charge < -0.3 is 4.90 Å². The second kappa shape index (κ2) is 6.01. The summed E-state index contributed by atoms with van der Waals surface area (Å²) in [4.78, 5) is 16.6. The zero-order valence-corrected chi connectivity index (χ0v) is 11.8. The first-order valence-electron chi connectivity index (χ1n) is 6.32. The fraction of sp³-hybridized carbons (Fsp3) is 0.200. The number of rotatable bonds is 4. The van der Waals surface area contributed by atoms with Gasteiger partial charge in [0.15, 0.2) is 0 Å². The van der Waals surface area contributed by atoms with Gasteiger partial charge in [0.05, 0.1) is 22.6 Å². The molecule has 6 heteroatoms. The van der Waals surface area contributed by atoms with Crippen LogP contribution in [0.15, 0.2) is 36.5 Å². The number of hydrogen-bond donors (Lipinski definition) is 0. The first kappa shape index (κ1) is 14.5. The summed E-state index contributed by atoms with van der Waals surface area (Å²) in [5.74, 6) is 0.523. The molecule has 0 aliphatic carbocycles. The molecule has 6 nitrogen and oxygen atoms in total. The van der Waals surface area contributed by atoms with Gasteiger partial charge in [-0.25, -0.2) is 4.98 Å². The summed E-state index contributed by atoms with van der Waals surface area (Å²) in [5, 5.41) is 19.9. The van der Waals surface area contributed by atoms with E-state index in [-0.39, 0.29) is 5.69 Å². The summed E-state index contributed by atoms with van der Waals surface area (Å²) in [7, 11) is 1.81. The molecule has 0 aliphatic rings. The lowest BCUT2D eigenvalue weighted by molar-refractivity contribution is -0.385. The number of pyridine rings is 1. The van der Waals surface area contributed by atoms with Gasteiger partial charge in [-0.2, -0.15) is 5.26 Å². The zero-order chi connectivity index (χ0) is 15.4. The lowest BCUT2D eigenvalue weighted by atomic mass is 10.1. The summed E-state index contributed by atoms with van der Waals surface area (Å²) in [5.41, 5.74) is 2.12. The van der Waals surface area contributed by atoms with Crippen LogP contribution in [0.4, 0.5) is 11.5 Å². The number of anilines is 1. The number of aryl methyl sites for hydroxylation is 1. The van der Waals surface area contributed by atoms with Crippen LogP contribution in [0.1, 0.15) is 16.7 Å². The highest BCUT2D eigenvalue weighted by Gasteiger charge is 2.14. The zero-order valence-electron chi connectivity index (χ0n) is 11.8. The smallest absolute Gasteiger partial charge is 0.277 e. The van der Waals surface area contributed by atoms with Crippen LogP contribution in [0.25, 0.3) is 0 Å². The minimum absolute atomic E-state index is 0.0534. The second-order valence-electron chi connectivity index (χ2n) is 4.75. The van der Waals surface area contributed by atoms with Crippen molar-refractivity contribution in [3.8, 4) is 6.07 Å². The van der Waals surface area contributed by atoms with Gasteiger partial charge in [-0.1, -0.05) is 12.1 Å². The van der Waals surface area contributed by atoms with Crippen molar-refractivity contribution >= 4 is 11.5 Å². The average molecular weight is 282 g/mol. The van der Waals surface area contributed by atoms with Crippen molar-refractivity contribution < 1.29 is 4.92 Å². The highest BCUT2D eigenvalue weighted by Crippen LogP contribution is 2.22. The first-order chi connectivity index (χ1) is 10.0. The summed E-state index contributed by atoms with van der Waals surface area (Å²) >= 11 is 0. The number of nitrogens with zero attached hydrogens (tertiary/aromatic N) is 4. The van der Waals surface area contributed by atoms with Crippen molar-refractivity contribution in [3.63, 3.8) is 0 Å². The third-order valence-corrected chi connectivity index (χ3v) is 3.12. The third kappa shape index (κ3) is 3.34. The third-order valence-electron chi connectivity index (χ3n) is 3.12. The quantitative estimate of drug-likeness (QED) is 0.636. The summed E-state index contributed by atoms with van der Waals surface area (Å²) in [6, 6.07) is 10.8. The molecule has 1 aromatic carbocycles. The molecule has 0 radical (unpaired) electrons. The molecule has 0 spiro atoms. The van der Waals surface area contributed by atoms with Gasteiger partial charge in [0.1, 0.15) is 5.82 Å². The average Bonchev–Trinajstić information content (AvgIpc) is 2.47. The van der Waals surface area contributed by atoms with Gasteiger partial charge in [-0.05, 0) is 24.6 Å². The Bertz CT molecular complexity index is 722. The number of hydrogen-bond acceptors (Lipinski definition) is 5. The van der Waals surface area contributed by atoms with Crippen LogP contribution in [0.5, 0.6) is 0 Å². The molecule has 0 atom stereocenters. The van der Waals surface area contributed by atoms with Gasteiger partial charge in [0.2, 0.25) is 0 Å². The molecule has 1 heterocycles. The number of benzene rings is 1. The first-order valence-corrected chi connectivity index (χ1v) is 6.32. The van der Waals surface area contributed by atoms with Crippen molar-refractivity contribution in [3.05, 3.63) is 63.3 Å². The number of aromatic nitrogens is 1. The molecule has 0 saturated carbocycles. The van der Waals surface area contributed by atoms with Crippen LogP contribution in [-0.2, 0) is 6.54 Å². The standard InChI is InChI=1S/C15H14N4O2/c1-11-9-17-15(7-14(11)19(20)21)18(2)10-13-5-3-4-12(6-13)8-16/h3-7,9H,10H2,1-2H3. The van der Waals surface area contributed by atoms with E-state index in [0.29, 0.717) is 23.5 Å². The fourth-order valence-corrected chi connectivity index (χ4v) is 2.00. The van der Waals surface area contributed by atoms with Crippen LogP contribution in [0.3, 0.4) is 0 Å². The van der Waals surface area contributed by atoms with Crippen LogP contribution in [0, 0.1) is 28.4 Å². The molecule has 21 heavy (non-hydrogen) atoms. The molecule has 0 amide bonds. The Morgan fingerprint density at radius 3 is 2.86 bits per heavy atom. The maximum absolute atomic E-state index is 11.0. The Kier molecular flexibility index (Phi) is 4.14. The van der Waals surface area contributed by atoms with E-state index in [4.69, 9.17) is 5.26 Å². The van der Waals surface area contributed by atoms with E-state index < -0.39 is 4.92 Å². The molecule has 106 valence electrons. The molecule has 1 aromatic heterocycles. The SMILES string of the molecule is Cc1cnc(N(C)Cc2cccc(C#N)c2)cc1[N+](=O)[O-]. The van der Waals surface area contributed by atoms with Crippen LogP contribution >= 0.6 is 0 Å². The number of nitro groups is 1. The van der Waals surface area contributed by atoms with E-state index in [1.165, 1.54) is 12.3 Å². The lowest BCUT2D eigenvalue weighted by Crippen LogP contribution is -2.18. The van der Waals surface area contributed by atoms with E-state index in [9.17, 15) is 10.1 Å². The maximum Gasteiger partial charge on any atom is 0.277 e. The Hall–Kier alpha value is -2.94. The summed E-state index contributed by atoms with van der Waals surface area (Å²) in [6.45, 7) is 2.17. The Morgan fingerprint density at radius 2 is 2.19 bits per heavy atom. The predicted octanol–water partition coefficient (Wildman–Crippen LogP) is 2.81. The highest BCUT2D eigenvalue weighted by atomic mass is 16.6. The topological polar surface area (TPSA) is 83.1 Å². The van der Waals surface area contributed by atoms with Crippen LogP contribution in [-0.4, -0.2) is 17.0 Å². The van der Waals surface area contributed by atoms with E-state index in [1.54, 1.807) is 26.1 Å². The van der Waals surface area contributed by atoms with E-state index in [1.807, 2.05) is 17.0 Å². The molecular weight excluding hydrogens is 268 g/mol. The minimum atomic E-state index is -0.412. The summed E-state index contributed by atoms with van der Waals surface area (Å²) < 4.78 is 0. The van der Waals surface area contributed by atoms with Gasteiger partial charge in [0, 0.05) is 25.4 Å². The highest BCUT2D eigenvalue weighted by molar-refractivity contribution is 5.50. The lowest BCUT2D eigenvalue weighted by Gasteiger charge is -2.18. The Morgan fingerprint density at radius 1 is 1.43 bits per heavy atom. The fourth-order valence-electron chi connectivity index (χ4n) is 2.00. The van der Waals surface area contributed by atoms with Crippen molar-refractivity contribution in [2.45, 2.75) is 13.5 Å². The predicted molar refractivity (Wildman–Crippen MR) is 78.9 cm³/mol. The normalized spacial score (nSPS) is 9.95. The molecular formula is C15H14N4O2. The summed E-state index contributed by atoms with van der Waals surface area (Å²) in [6.07, 6.45) is 1.50. The van der Waals surface area contributed by atoms with Gasteiger partial charge in [-0.3, -0.25) is 10.1 Å². The van der Waals surface area contributed by atoms with Crippen molar-refractivity contribution in [1.82, 2.24) is 4.98 Å². The second-order valence-corrected chi connectivity index (χ2v) is 4.75. The van der Waals surface area contributed by atoms with E-state index >= 15 is 0 Å². The van der Waals surface area contributed by atoms with Gasteiger partial charge in [-0.15, -0.1) is 0 Å². The minimum Gasteiger partial charge on any atom is -0.355 e. The maximum atomic E-state index is 11.0. The van der Waals surface area contributed by atoms with E-state index in [0.717, 1.165) is 5.56 Å². The van der Waals surface area contributed by atoms with Gasteiger partial charge in [0.25, 0.3) is 5.69 Å². The van der Waals surface area contributed by atoms with Crippen molar-refractivity contribution in [2.75, 3.05) is 11.9 Å². The molecule has 2 aromatic rings. The van der Waals surface area contributed by atoms with Gasteiger partial charge >= 0.3 is 0 Å². The molecule has 0 unspecified atom stereocenters. The molecule has 0 N–H and O–H groups in total. The van der Waals surface area contributed by atoms with Crippen molar-refractivity contribution in [2.24, 2.45) is 0 Å². The van der Waals surface area contributed by atoms with E-state index in [2.05, 4.69) is 11.1 Å². The van der Waals surface area contributed by atoms with Crippen molar-refractivity contribution in [1.29, 1.82) is 5.26 Å². The van der Waals surface area contributed by atoms with Crippen LogP contribution < -0.4 is 4.90 Å². The molecule has 0 saturated heterocycles. The molecule has 0 fully saturated rings. The Labute approximate surface area is 122 Å². The monoisotopic (exact) mass is 282 g/mol. The van der Waals surface area contributed by atoms with Crippen LogP contribution in [0.2, 0.25) is 0 Å².